The largest absolute Gasteiger partial charge is 0.373 e. The van der Waals surface area contributed by atoms with E-state index in [-0.39, 0.29) is 16.9 Å². The molecule has 1 saturated carbocycles. The molecule has 0 aromatic heterocycles. The minimum atomic E-state index is -0.971. The zero-order valence-electron chi connectivity index (χ0n) is 10.8. The topological polar surface area (TPSA) is 66.8 Å². The van der Waals surface area contributed by atoms with Gasteiger partial charge in [-0.25, -0.2) is 0 Å². The summed E-state index contributed by atoms with van der Waals surface area (Å²) in [5.41, 5.74) is 0. The molecule has 3 aliphatic heterocycles. The number of fused-ring (bicyclic) bond motifs is 12. The highest BCUT2D eigenvalue weighted by Crippen LogP contribution is 2.75. The van der Waals surface area contributed by atoms with E-state index >= 15 is 0 Å². The molecule has 5 aliphatic rings. The number of carbonyl (C=O) groups is 2. The van der Waals surface area contributed by atoms with Gasteiger partial charge in [0.25, 0.3) is 11.8 Å². The summed E-state index contributed by atoms with van der Waals surface area (Å²) < 4.78 is 5.91. The lowest BCUT2D eigenvalue weighted by Crippen LogP contribution is -2.50. The van der Waals surface area contributed by atoms with E-state index in [0.717, 1.165) is 0 Å². The van der Waals surface area contributed by atoms with Crippen LogP contribution in [0.5, 0.6) is 0 Å². The van der Waals surface area contributed by atoms with Gasteiger partial charge in [0.05, 0.1) is 43.9 Å². The average molecular weight is 385 g/mol. The number of nitrogens with zero attached hydrogens (tertiary/aromatic N) is 1. The lowest BCUT2D eigenvalue weighted by Gasteiger charge is -2.40. The quantitative estimate of drug-likeness (QED) is 0.394. The molecule has 8 atom stereocenters. The van der Waals surface area contributed by atoms with Gasteiger partial charge in [0, 0.05) is 11.8 Å². The third-order valence-corrected chi connectivity index (χ3v) is 8.48. The van der Waals surface area contributed by atoms with Crippen molar-refractivity contribution in [3.05, 3.63) is 10.1 Å². The van der Waals surface area contributed by atoms with Gasteiger partial charge in [-0.3, -0.25) is 14.8 Å². The Labute approximate surface area is 145 Å². The fraction of sp³-hybridized carbons (Fsp3) is 0.692. The van der Waals surface area contributed by atoms with Crippen molar-refractivity contribution in [3.8, 4) is 0 Å². The molecular formula is C13H9Cl4NO4. The number of halogens is 4. The lowest BCUT2D eigenvalue weighted by molar-refractivity contribution is -0.176. The standard InChI is InChI=1S/C13H9Cl4NO4/c14-8-9(15)13(17)1-12(8,16)4-5(13)7-3-2(6(4)22-7)10(19)18(21)11(3)20/h2-7,21H,1H2. The van der Waals surface area contributed by atoms with Crippen LogP contribution in [0.3, 0.4) is 0 Å². The number of rotatable bonds is 0. The molecule has 5 nitrogen and oxygen atoms in total. The number of amides is 2. The van der Waals surface area contributed by atoms with Gasteiger partial charge in [-0.1, -0.05) is 23.2 Å². The van der Waals surface area contributed by atoms with E-state index in [9.17, 15) is 14.8 Å². The van der Waals surface area contributed by atoms with Crippen molar-refractivity contribution < 1.29 is 19.5 Å². The smallest absolute Gasteiger partial charge is 0.259 e. The van der Waals surface area contributed by atoms with Gasteiger partial charge in [0.15, 0.2) is 0 Å². The molecule has 4 fully saturated rings. The Hall–Kier alpha value is -0.0400. The Bertz CT molecular complexity index is 644. The molecular weight excluding hydrogens is 376 g/mol. The Kier molecular flexibility index (Phi) is 2.46. The number of ether oxygens (including phenoxy) is 1. The van der Waals surface area contributed by atoms with Crippen molar-refractivity contribution >= 4 is 58.2 Å². The Morgan fingerprint density at radius 1 is 1.00 bits per heavy atom. The SMILES string of the molecule is O=C1C2C3OC(C2C(=O)N1O)C1C3C2(Cl)CC1(Cl)C(Cl)=C2Cl. The van der Waals surface area contributed by atoms with E-state index in [4.69, 9.17) is 51.1 Å². The molecule has 0 aromatic carbocycles. The number of carbonyl (C=O) groups excluding carboxylic acids is 2. The molecule has 5 rings (SSSR count). The normalized spacial score (nSPS) is 58.1. The van der Waals surface area contributed by atoms with Crippen LogP contribution in [-0.2, 0) is 14.3 Å². The summed E-state index contributed by atoms with van der Waals surface area (Å²) in [4.78, 5) is 22.3. The van der Waals surface area contributed by atoms with Gasteiger partial charge in [0.2, 0.25) is 0 Å². The average Bonchev–Trinajstić information content (AvgIpc) is 3.18. The molecule has 0 spiro atoms. The third-order valence-electron chi connectivity index (χ3n) is 5.99. The van der Waals surface area contributed by atoms with Gasteiger partial charge in [0.1, 0.15) is 0 Å². The molecule has 4 bridgehead atoms. The van der Waals surface area contributed by atoms with Gasteiger partial charge in [-0.2, -0.15) is 5.06 Å². The van der Waals surface area contributed by atoms with Crippen molar-refractivity contribution in [2.75, 3.05) is 0 Å². The van der Waals surface area contributed by atoms with Crippen LogP contribution in [0.25, 0.3) is 0 Å². The summed E-state index contributed by atoms with van der Waals surface area (Å²) in [5.74, 6) is -3.31. The molecule has 2 aliphatic carbocycles. The van der Waals surface area contributed by atoms with E-state index in [1.165, 1.54) is 0 Å². The minimum absolute atomic E-state index is 0.194. The first-order valence-corrected chi connectivity index (χ1v) is 8.41. The first-order chi connectivity index (χ1) is 10.2. The first kappa shape index (κ1) is 14.3. The van der Waals surface area contributed by atoms with E-state index in [1.807, 2.05) is 0 Å². The zero-order chi connectivity index (χ0) is 15.8. The molecule has 1 N–H and O–H groups in total. The number of hydroxylamine groups is 2. The second-order valence-corrected chi connectivity index (χ2v) is 8.79. The highest BCUT2D eigenvalue weighted by molar-refractivity contribution is 6.51. The number of hydrogen-bond acceptors (Lipinski definition) is 4. The molecule has 3 saturated heterocycles. The molecule has 8 unspecified atom stereocenters. The summed E-state index contributed by atoms with van der Waals surface area (Å²) in [6.07, 6.45) is -0.799. The van der Waals surface area contributed by atoms with Crippen molar-refractivity contribution in [3.63, 3.8) is 0 Å². The van der Waals surface area contributed by atoms with Crippen LogP contribution >= 0.6 is 46.4 Å². The van der Waals surface area contributed by atoms with Crippen LogP contribution < -0.4 is 0 Å². The predicted molar refractivity (Wildman–Crippen MR) is 76.8 cm³/mol. The summed E-state index contributed by atoms with van der Waals surface area (Å²) >= 11 is 26.0. The highest BCUT2D eigenvalue weighted by atomic mass is 35.5. The lowest BCUT2D eigenvalue weighted by atomic mass is 9.65. The molecule has 3 heterocycles. The third kappa shape index (κ3) is 1.18. The summed E-state index contributed by atoms with van der Waals surface area (Å²) in [6.45, 7) is 0. The van der Waals surface area contributed by atoms with E-state index < -0.39 is 45.6 Å². The monoisotopic (exact) mass is 383 g/mol. The van der Waals surface area contributed by atoms with Crippen molar-refractivity contribution in [2.24, 2.45) is 23.7 Å². The number of allylic oxidation sites excluding steroid dienone is 2. The highest BCUT2D eigenvalue weighted by Gasteiger charge is 2.81. The maximum atomic E-state index is 12.1. The van der Waals surface area contributed by atoms with Crippen LogP contribution in [0.2, 0.25) is 0 Å². The number of hydrogen-bond donors (Lipinski definition) is 1. The fourth-order valence-electron chi connectivity index (χ4n) is 5.28. The molecule has 2 amide bonds. The fourth-order valence-corrected chi connectivity index (χ4v) is 7.29. The molecule has 118 valence electrons. The molecule has 0 radical (unpaired) electrons. The van der Waals surface area contributed by atoms with Crippen LogP contribution in [0.1, 0.15) is 6.42 Å². The Balaban J connectivity index is 1.68. The summed E-state index contributed by atoms with van der Waals surface area (Å²) in [6, 6.07) is 0. The van der Waals surface area contributed by atoms with Gasteiger partial charge in [-0.15, -0.1) is 23.2 Å². The number of imide groups is 1. The maximum Gasteiger partial charge on any atom is 0.259 e. The second kappa shape index (κ2) is 3.79. The van der Waals surface area contributed by atoms with Crippen LogP contribution in [0, 0.1) is 23.7 Å². The number of alkyl halides is 2. The Morgan fingerprint density at radius 2 is 1.41 bits per heavy atom. The minimum Gasteiger partial charge on any atom is -0.373 e. The maximum absolute atomic E-state index is 12.1. The Morgan fingerprint density at radius 3 is 1.82 bits per heavy atom. The summed E-state index contributed by atoms with van der Waals surface area (Å²) in [5, 5.41) is 10.4. The van der Waals surface area contributed by atoms with Crippen molar-refractivity contribution in [1.82, 2.24) is 5.06 Å². The van der Waals surface area contributed by atoms with Gasteiger partial charge >= 0.3 is 0 Å². The summed E-state index contributed by atoms with van der Waals surface area (Å²) in [7, 11) is 0. The van der Waals surface area contributed by atoms with Gasteiger partial charge in [-0.05, 0) is 6.42 Å². The van der Waals surface area contributed by atoms with E-state index in [1.54, 1.807) is 0 Å². The molecule has 22 heavy (non-hydrogen) atoms. The zero-order valence-corrected chi connectivity index (χ0v) is 13.8. The van der Waals surface area contributed by atoms with Crippen LogP contribution in [0.4, 0.5) is 0 Å². The molecule has 9 heteroatoms. The molecule has 0 aromatic rings. The first-order valence-electron chi connectivity index (χ1n) is 6.89. The van der Waals surface area contributed by atoms with Crippen molar-refractivity contribution in [2.45, 2.75) is 28.4 Å². The van der Waals surface area contributed by atoms with E-state index in [0.29, 0.717) is 16.5 Å². The van der Waals surface area contributed by atoms with Gasteiger partial charge < -0.3 is 4.74 Å². The van der Waals surface area contributed by atoms with Crippen molar-refractivity contribution in [1.29, 1.82) is 0 Å². The van der Waals surface area contributed by atoms with Crippen LogP contribution in [-0.4, -0.2) is 44.0 Å². The predicted octanol–water partition coefficient (Wildman–Crippen LogP) is 2.05. The van der Waals surface area contributed by atoms with E-state index in [2.05, 4.69) is 0 Å². The van der Waals surface area contributed by atoms with Crippen LogP contribution in [0.15, 0.2) is 10.1 Å². The second-order valence-electron chi connectivity index (χ2n) is 6.69.